The molecular weight excluding hydrogens is 306 g/mol. The highest BCUT2D eigenvalue weighted by atomic mass is 16.2. The van der Waals surface area contributed by atoms with Gasteiger partial charge in [-0.3, -0.25) is 9.59 Å². The van der Waals surface area contributed by atoms with Crippen LogP contribution in [0.3, 0.4) is 0 Å². The van der Waals surface area contributed by atoms with Crippen molar-refractivity contribution in [1.29, 1.82) is 0 Å². The number of benzene rings is 1. The molecule has 7 heteroatoms. The summed E-state index contributed by atoms with van der Waals surface area (Å²) >= 11 is 0. The molecule has 2 amide bonds. The van der Waals surface area contributed by atoms with Crippen LogP contribution in [0.15, 0.2) is 24.3 Å². The van der Waals surface area contributed by atoms with Crippen molar-refractivity contribution < 1.29 is 9.59 Å². The maximum absolute atomic E-state index is 12.9. The van der Waals surface area contributed by atoms with Gasteiger partial charge in [0, 0.05) is 13.1 Å². The summed E-state index contributed by atoms with van der Waals surface area (Å²) in [7, 11) is 0. The first-order valence-corrected chi connectivity index (χ1v) is 8.07. The minimum absolute atomic E-state index is 0.135. The highest BCUT2D eigenvalue weighted by molar-refractivity contribution is 5.97. The van der Waals surface area contributed by atoms with Gasteiger partial charge in [-0.15, -0.1) is 5.10 Å². The van der Waals surface area contributed by atoms with E-state index in [0.29, 0.717) is 18.8 Å². The molecule has 2 aromatic rings. The number of carbonyl (C=O) groups is 2. The first-order chi connectivity index (χ1) is 11.5. The molecule has 1 aliphatic heterocycles. The molecule has 1 aromatic carbocycles. The minimum atomic E-state index is -0.510. The number of aryl methyl sites for hydroxylation is 1. The molecule has 126 valence electrons. The molecule has 2 heterocycles. The van der Waals surface area contributed by atoms with E-state index in [4.69, 9.17) is 0 Å². The van der Waals surface area contributed by atoms with Gasteiger partial charge in [-0.2, -0.15) is 0 Å². The highest BCUT2D eigenvalue weighted by Crippen LogP contribution is 2.16. The van der Waals surface area contributed by atoms with Crippen LogP contribution >= 0.6 is 0 Å². The smallest absolute Gasteiger partial charge is 0.277 e. The van der Waals surface area contributed by atoms with Crippen molar-refractivity contribution in [3.63, 3.8) is 0 Å². The van der Waals surface area contributed by atoms with Crippen molar-refractivity contribution in [2.45, 2.75) is 33.2 Å². The van der Waals surface area contributed by atoms with Crippen LogP contribution < -0.4 is 5.32 Å². The third kappa shape index (κ3) is 2.89. The zero-order valence-electron chi connectivity index (χ0n) is 14.1. The van der Waals surface area contributed by atoms with Gasteiger partial charge in [0.2, 0.25) is 5.91 Å². The zero-order valence-corrected chi connectivity index (χ0v) is 14.1. The quantitative estimate of drug-likeness (QED) is 0.900. The van der Waals surface area contributed by atoms with Gasteiger partial charge in [0.25, 0.3) is 5.91 Å². The average molecular weight is 327 g/mol. The van der Waals surface area contributed by atoms with Crippen molar-refractivity contribution >= 4 is 11.8 Å². The third-order valence-corrected chi connectivity index (χ3v) is 4.36. The molecule has 1 fully saturated rings. The van der Waals surface area contributed by atoms with E-state index in [9.17, 15) is 9.59 Å². The summed E-state index contributed by atoms with van der Waals surface area (Å²) in [5.74, 6) is -0.389. The van der Waals surface area contributed by atoms with E-state index >= 15 is 0 Å². The van der Waals surface area contributed by atoms with Gasteiger partial charge in [0.15, 0.2) is 5.69 Å². The molecule has 0 aliphatic carbocycles. The van der Waals surface area contributed by atoms with E-state index in [1.807, 2.05) is 38.1 Å². The highest BCUT2D eigenvalue weighted by Gasteiger charge is 2.31. The van der Waals surface area contributed by atoms with Gasteiger partial charge in [-0.05, 0) is 39.3 Å². The zero-order chi connectivity index (χ0) is 17.3. The number of hydrogen-bond acceptors (Lipinski definition) is 4. The summed E-state index contributed by atoms with van der Waals surface area (Å²) in [6.07, 6.45) is 0.729. The monoisotopic (exact) mass is 327 g/mol. The molecule has 0 saturated carbocycles. The molecule has 0 spiro atoms. The van der Waals surface area contributed by atoms with Crippen LogP contribution in [0.25, 0.3) is 5.69 Å². The molecule has 7 nitrogen and oxygen atoms in total. The number of nitrogens with one attached hydrogen (secondary N) is 1. The number of carbonyl (C=O) groups excluding carboxylic acids is 2. The largest absolute Gasteiger partial charge is 0.354 e. The van der Waals surface area contributed by atoms with Crippen LogP contribution in [0.2, 0.25) is 0 Å². The van der Waals surface area contributed by atoms with Crippen LogP contribution in [0, 0.1) is 13.8 Å². The topological polar surface area (TPSA) is 80.1 Å². The van der Waals surface area contributed by atoms with Gasteiger partial charge in [0.05, 0.1) is 11.4 Å². The summed E-state index contributed by atoms with van der Waals surface area (Å²) in [5, 5.41) is 11.0. The van der Waals surface area contributed by atoms with Gasteiger partial charge < -0.3 is 10.2 Å². The lowest BCUT2D eigenvalue weighted by atomic mass is 10.2. The Balaban J connectivity index is 1.91. The van der Waals surface area contributed by atoms with E-state index in [1.54, 1.807) is 16.5 Å². The standard InChI is InChI=1S/C17H21N5O2/c1-11-5-7-14(8-6-11)22-12(2)15(19-20-22)17(24)21-10-4-9-18-16(23)13(21)3/h5-8,13H,4,9-10H2,1-3H3,(H,18,23)/t13-/m0/s1. The molecule has 1 saturated heterocycles. The lowest BCUT2D eigenvalue weighted by Gasteiger charge is -2.24. The van der Waals surface area contributed by atoms with Crippen molar-refractivity contribution in [3.8, 4) is 5.69 Å². The second-order valence-electron chi connectivity index (χ2n) is 6.09. The predicted molar refractivity (Wildman–Crippen MR) is 89.0 cm³/mol. The molecular formula is C17H21N5O2. The summed E-state index contributed by atoms with van der Waals surface area (Å²) in [5.41, 5.74) is 2.96. The lowest BCUT2D eigenvalue weighted by Crippen LogP contribution is -2.45. The lowest BCUT2D eigenvalue weighted by molar-refractivity contribution is -0.124. The summed E-state index contributed by atoms with van der Waals surface area (Å²) in [6, 6.07) is 7.34. The first kappa shape index (κ1) is 16.2. The Morgan fingerprint density at radius 1 is 1.25 bits per heavy atom. The van der Waals surface area contributed by atoms with Crippen LogP contribution in [0.1, 0.15) is 35.1 Å². The number of nitrogens with zero attached hydrogens (tertiary/aromatic N) is 4. The summed E-state index contributed by atoms with van der Waals surface area (Å²) in [6.45, 7) is 6.67. The van der Waals surface area contributed by atoms with Crippen molar-refractivity contribution in [1.82, 2.24) is 25.2 Å². The van der Waals surface area contributed by atoms with Crippen LogP contribution in [0.4, 0.5) is 0 Å². The van der Waals surface area contributed by atoms with E-state index in [0.717, 1.165) is 17.7 Å². The Hall–Kier alpha value is -2.70. The second kappa shape index (κ2) is 6.43. The molecule has 24 heavy (non-hydrogen) atoms. The van der Waals surface area contributed by atoms with Crippen LogP contribution in [-0.2, 0) is 4.79 Å². The maximum Gasteiger partial charge on any atom is 0.277 e. The van der Waals surface area contributed by atoms with Gasteiger partial charge in [0.1, 0.15) is 6.04 Å². The molecule has 0 bridgehead atoms. The fourth-order valence-corrected chi connectivity index (χ4v) is 2.82. The normalized spacial score (nSPS) is 18.2. The SMILES string of the molecule is Cc1ccc(-n2nnc(C(=O)N3CCCNC(=O)[C@@H]3C)c2C)cc1. The third-order valence-electron chi connectivity index (χ3n) is 4.36. The molecule has 1 N–H and O–H groups in total. The Morgan fingerprint density at radius 3 is 2.67 bits per heavy atom. The fraction of sp³-hybridized carbons (Fsp3) is 0.412. The first-order valence-electron chi connectivity index (χ1n) is 8.07. The van der Waals surface area contributed by atoms with E-state index in [-0.39, 0.29) is 17.5 Å². The number of aromatic nitrogens is 3. The van der Waals surface area contributed by atoms with Crippen molar-refractivity contribution in [3.05, 3.63) is 41.2 Å². The predicted octanol–water partition coefficient (Wildman–Crippen LogP) is 1.23. The van der Waals surface area contributed by atoms with Crippen LogP contribution in [-0.4, -0.2) is 50.8 Å². The van der Waals surface area contributed by atoms with E-state index in [1.165, 1.54) is 0 Å². The number of rotatable bonds is 2. The Labute approximate surface area is 140 Å². The molecule has 1 atom stereocenters. The molecule has 1 aliphatic rings. The minimum Gasteiger partial charge on any atom is -0.354 e. The molecule has 3 rings (SSSR count). The van der Waals surface area contributed by atoms with Crippen molar-refractivity contribution in [2.24, 2.45) is 0 Å². The van der Waals surface area contributed by atoms with Crippen LogP contribution in [0.5, 0.6) is 0 Å². The number of amides is 2. The Morgan fingerprint density at radius 2 is 1.96 bits per heavy atom. The number of hydrogen-bond donors (Lipinski definition) is 1. The van der Waals surface area contributed by atoms with Crippen molar-refractivity contribution in [2.75, 3.05) is 13.1 Å². The van der Waals surface area contributed by atoms with Gasteiger partial charge in [-0.25, -0.2) is 4.68 Å². The molecule has 1 aromatic heterocycles. The average Bonchev–Trinajstić information content (AvgIpc) is 2.87. The second-order valence-corrected chi connectivity index (χ2v) is 6.09. The molecule has 0 radical (unpaired) electrons. The van der Waals surface area contributed by atoms with Gasteiger partial charge in [-0.1, -0.05) is 22.9 Å². The van der Waals surface area contributed by atoms with Gasteiger partial charge >= 0.3 is 0 Å². The Kier molecular flexibility index (Phi) is 4.33. The van der Waals surface area contributed by atoms with E-state index in [2.05, 4.69) is 15.6 Å². The maximum atomic E-state index is 12.9. The molecule has 0 unspecified atom stereocenters. The van der Waals surface area contributed by atoms with E-state index < -0.39 is 6.04 Å². The summed E-state index contributed by atoms with van der Waals surface area (Å²) in [4.78, 5) is 26.4. The fourth-order valence-electron chi connectivity index (χ4n) is 2.82. The Bertz CT molecular complexity index is 766. The summed E-state index contributed by atoms with van der Waals surface area (Å²) < 4.78 is 1.65.